The van der Waals surface area contributed by atoms with Crippen molar-refractivity contribution in [3.8, 4) is 0 Å². The van der Waals surface area contributed by atoms with Gasteiger partial charge in [0.25, 0.3) is 0 Å². The number of anilines is 1. The summed E-state index contributed by atoms with van der Waals surface area (Å²) in [6.45, 7) is 13.4. The van der Waals surface area contributed by atoms with Gasteiger partial charge in [-0.25, -0.2) is 9.18 Å². The Labute approximate surface area is 246 Å². The number of nitrogens with zero attached hydrogens (tertiary/aromatic N) is 5. The summed E-state index contributed by atoms with van der Waals surface area (Å²) < 4.78 is 19.2. The van der Waals surface area contributed by atoms with Crippen molar-refractivity contribution in [2.45, 2.75) is 70.3 Å². The molecule has 2 saturated heterocycles. The number of carbonyl (C=O) groups is 2. The smallest absolute Gasteiger partial charge is 0.407 e. The highest BCUT2D eigenvalue weighted by molar-refractivity contribution is 5.97. The Balaban J connectivity index is 1.39. The number of pyridine rings is 1. The van der Waals surface area contributed by atoms with Gasteiger partial charge in [-0.15, -0.1) is 0 Å². The minimum Gasteiger partial charge on any atom is -0.465 e. The van der Waals surface area contributed by atoms with Crippen molar-refractivity contribution in [1.29, 1.82) is 0 Å². The standard InChI is InChI=1S/C31H42FN5O5/c1-19-12-34(25(14-36(19)30(40)41)13-35-20(2)16-42-17-21(35)3)15-27(38)37-18-31(4,5)29-26(37)10-23(11-33-29)28(39)22-6-8-24(32)9-7-22/h6-11,19-21,25,28,39H,12-18H2,1-5H3,(H,40,41)/t19-,20-,21-,25+,28?/m1/s1. The lowest BCUT2D eigenvalue weighted by molar-refractivity contribution is -0.122. The van der Waals surface area contributed by atoms with Crippen LogP contribution in [0.25, 0.3) is 0 Å². The summed E-state index contributed by atoms with van der Waals surface area (Å²) in [4.78, 5) is 38.4. The zero-order valence-electron chi connectivity index (χ0n) is 25.0. The second kappa shape index (κ2) is 11.9. The van der Waals surface area contributed by atoms with Crippen molar-refractivity contribution in [2.24, 2.45) is 0 Å². The van der Waals surface area contributed by atoms with E-state index in [4.69, 9.17) is 4.74 Å². The number of aromatic nitrogens is 1. The van der Waals surface area contributed by atoms with E-state index in [1.54, 1.807) is 11.1 Å². The molecule has 0 spiro atoms. The van der Waals surface area contributed by atoms with Crippen molar-refractivity contribution < 1.29 is 28.9 Å². The number of halogens is 1. The van der Waals surface area contributed by atoms with Gasteiger partial charge in [0.1, 0.15) is 11.9 Å². The molecular formula is C31H42FN5O5. The molecule has 5 atom stereocenters. The number of piperazine rings is 1. The van der Waals surface area contributed by atoms with E-state index in [2.05, 4.69) is 28.6 Å². The molecule has 2 amide bonds. The van der Waals surface area contributed by atoms with Gasteiger partial charge in [-0.2, -0.15) is 0 Å². The average Bonchev–Trinajstić information content (AvgIpc) is 3.21. The molecule has 0 aliphatic carbocycles. The molecule has 1 aromatic heterocycles. The zero-order chi connectivity index (χ0) is 30.3. The fraction of sp³-hybridized carbons (Fsp3) is 0.581. The molecule has 2 N–H and O–H groups in total. The highest BCUT2D eigenvalue weighted by atomic mass is 19.1. The number of aliphatic hydroxyl groups is 1. The molecule has 0 saturated carbocycles. The highest BCUT2D eigenvalue weighted by Crippen LogP contribution is 2.41. The van der Waals surface area contributed by atoms with Crippen LogP contribution in [0.1, 0.15) is 57.5 Å². The van der Waals surface area contributed by atoms with Gasteiger partial charge in [0.05, 0.1) is 31.1 Å². The Kier molecular flexibility index (Phi) is 8.58. The van der Waals surface area contributed by atoms with Crippen LogP contribution in [0.3, 0.4) is 0 Å². The first-order valence-electron chi connectivity index (χ1n) is 14.7. The molecule has 10 nitrogen and oxygen atoms in total. The molecule has 5 rings (SSSR count). The molecule has 2 fully saturated rings. The first kappa shape index (κ1) is 30.3. The molecule has 42 heavy (non-hydrogen) atoms. The maximum absolute atomic E-state index is 14.0. The number of amides is 2. The molecular weight excluding hydrogens is 541 g/mol. The molecule has 1 unspecified atom stereocenters. The minimum atomic E-state index is -1.02. The van der Waals surface area contributed by atoms with E-state index in [9.17, 15) is 24.2 Å². The van der Waals surface area contributed by atoms with Crippen molar-refractivity contribution in [1.82, 2.24) is 19.7 Å². The third-order valence-corrected chi connectivity index (χ3v) is 8.99. The number of rotatable bonds is 6. The zero-order valence-corrected chi connectivity index (χ0v) is 25.0. The molecule has 3 aliphatic heterocycles. The molecule has 1 aromatic carbocycles. The van der Waals surface area contributed by atoms with Crippen LogP contribution in [-0.2, 0) is 14.9 Å². The third-order valence-electron chi connectivity index (χ3n) is 8.99. The number of carbonyl (C=O) groups excluding carboxylic acids is 1. The van der Waals surface area contributed by atoms with Gasteiger partial charge in [0.15, 0.2) is 0 Å². The summed E-state index contributed by atoms with van der Waals surface area (Å²) in [5, 5.41) is 20.9. The van der Waals surface area contributed by atoms with Crippen LogP contribution in [0.15, 0.2) is 36.5 Å². The van der Waals surface area contributed by atoms with Crippen LogP contribution in [0, 0.1) is 5.82 Å². The first-order chi connectivity index (χ1) is 19.9. The number of carboxylic acid groups (broad SMARTS) is 1. The minimum absolute atomic E-state index is 0.0962. The van der Waals surface area contributed by atoms with Crippen LogP contribution in [-0.4, -0.2) is 112 Å². The molecule has 4 heterocycles. The first-order valence-corrected chi connectivity index (χ1v) is 14.7. The van der Waals surface area contributed by atoms with Crippen molar-refractivity contribution in [3.05, 3.63) is 59.2 Å². The summed E-state index contributed by atoms with van der Waals surface area (Å²) in [5.74, 6) is -0.480. The summed E-state index contributed by atoms with van der Waals surface area (Å²) in [7, 11) is 0. The molecule has 2 aromatic rings. The van der Waals surface area contributed by atoms with Crippen LogP contribution in [0.2, 0.25) is 0 Å². The summed E-state index contributed by atoms with van der Waals surface area (Å²) in [6.07, 6.45) is -0.346. The third kappa shape index (κ3) is 6.01. The van der Waals surface area contributed by atoms with E-state index in [0.717, 1.165) is 5.69 Å². The number of aliphatic hydroxyl groups excluding tert-OH is 1. The molecule has 0 radical (unpaired) electrons. The number of morpholine rings is 1. The van der Waals surface area contributed by atoms with Gasteiger partial charge in [-0.05, 0) is 44.5 Å². The van der Waals surface area contributed by atoms with Crippen molar-refractivity contribution in [3.63, 3.8) is 0 Å². The largest absolute Gasteiger partial charge is 0.465 e. The molecule has 11 heteroatoms. The quantitative estimate of drug-likeness (QED) is 0.534. The fourth-order valence-electron chi connectivity index (χ4n) is 6.60. The van der Waals surface area contributed by atoms with Gasteiger partial charge >= 0.3 is 6.09 Å². The number of hydrogen-bond acceptors (Lipinski definition) is 7. The Morgan fingerprint density at radius 1 is 1.07 bits per heavy atom. The monoisotopic (exact) mass is 583 g/mol. The van der Waals surface area contributed by atoms with E-state index in [0.29, 0.717) is 56.2 Å². The maximum atomic E-state index is 14.0. The Bertz CT molecular complexity index is 1300. The SMILES string of the molecule is C[C@@H]1CN(CC(=O)N2CC(C)(C)c3ncc(C(O)c4ccc(F)cc4)cc32)[C@@H](CN2[C@H](C)COC[C@H]2C)CN1C(=O)O. The number of ether oxygens (including phenoxy) is 1. The van der Waals surface area contributed by atoms with E-state index in [-0.39, 0.29) is 42.4 Å². The number of hydrogen-bond donors (Lipinski definition) is 2. The van der Waals surface area contributed by atoms with E-state index in [1.165, 1.54) is 29.2 Å². The molecule has 228 valence electrons. The van der Waals surface area contributed by atoms with E-state index in [1.807, 2.05) is 26.8 Å². The molecule has 0 bridgehead atoms. The van der Waals surface area contributed by atoms with Crippen molar-refractivity contribution >= 4 is 17.7 Å². The predicted molar refractivity (Wildman–Crippen MR) is 156 cm³/mol. The van der Waals surface area contributed by atoms with Gasteiger partial charge in [-0.3, -0.25) is 19.6 Å². The second-order valence-corrected chi connectivity index (χ2v) is 12.8. The normalized spacial score (nSPS) is 27.1. The Hall–Kier alpha value is -3.12. The topological polar surface area (TPSA) is 110 Å². The maximum Gasteiger partial charge on any atom is 0.407 e. The molecule has 3 aliphatic rings. The Morgan fingerprint density at radius 3 is 2.38 bits per heavy atom. The van der Waals surface area contributed by atoms with E-state index >= 15 is 0 Å². The fourth-order valence-corrected chi connectivity index (χ4v) is 6.60. The van der Waals surface area contributed by atoms with Crippen LogP contribution in [0.5, 0.6) is 0 Å². The predicted octanol–water partition coefficient (Wildman–Crippen LogP) is 3.09. The number of fused-ring (bicyclic) bond motifs is 1. The summed E-state index contributed by atoms with van der Waals surface area (Å²) >= 11 is 0. The lowest BCUT2D eigenvalue weighted by Gasteiger charge is -2.48. The second-order valence-electron chi connectivity index (χ2n) is 12.8. The van der Waals surface area contributed by atoms with Gasteiger partial charge < -0.3 is 24.7 Å². The lowest BCUT2D eigenvalue weighted by atomic mass is 9.90. The van der Waals surface area contributed by atoms with Gasteiger partial charge in [-0.1, -0.05) is 26.0 Å². The van der Waals surface area contributed by atoms with Crippen molar-refractivity contribution in [2.75, 3.05) is 50.8 Å². The summed E-state index contributed by atoms with van der Waals surface area (Å²) in [6, 6.07) is 7.44. The lowest BCUT2D eigenvalue weighted by Crippen LogP contribution is -2.64. The van der Waals surface area contributed by atoms with Crippen LogP contribution >= 0.6 is 0 Å². The van der Waals surface area contributed by atoms with Gasteiger partial charge in [0, 0.05) is 67.5 Å². The van der Waals surface area contributed by atoms with Crippen LogP contribution in [0.4, 0.5) is 14.9 Å². The number of benzene rings is 1. The van der Waals surface area contributed by atoms with E-state index < -0.39 is 17.6 Å². The Morgan fingerprint density at radius 2 is 1.74 bits per heavy atom. The summed E-state index contributed by atoms with van der Waals surface area (Å²) in [5.41, 5.74) is 2.11. The average molecular weight is 584 g/mol. The van der Waals surface area contributed by atoms with Crippen LogP contribution < -0.4 is 4.90 Å². The van der Waals surface area contributed by atoms with Gasteiger partial charge in [0.2, 0.25) is 5.91 Å². The highest BCUT2D eigenvalue weighted by Gasteiger charge is 2.43.